The minimum absolute atomic E-state index is 0.00522. The van der Waals surface area contributed by atoms with Crippen LogP contribution >= 0.6 is 23.2 Å². The number of aldehydes is 1. The van der Waals surface area contributed by atoms with Gasteiger partial charge in [-0.2, -0.15) is 0 Å². The zero-order valence-electron chi connectivity index (χ0n) is 21.9. The van der Waals surface area contributed by atoms with E-state index in [0.717, 1.165) is 0 Å². The third-order valence-electron chi connectivity index (χ3n) is 6.97. The number of nitrogens with zero attached hydrogens (tertiary/aromatic N) is 1. The Hall–Kier alpha value is -3.15. The van der Waals surface area contributed by atoms with Gasteiger partial charge in [-0.15, -0.1) is 0 Å². The molecule has 0 saturated carbocycles. The number of benzene rings is 2. The third-order valence-corrected chi connectivity index (χ3v) is 7.55. The molecule has 3 N–H and O–H groups in total. The second-order valence-electron chi connectivity index (χ2n) is 9.40. The Morgan fingerprint density at radius 3 is 2.62 bits per heavy atom. The SMILES string of the molecule is COCCC(=O)N(Cc1ccc(Cl)cc1Cl)[C@@H]1C=C(C(=O)NCCO)[C@@H]2c3cc(C=O)cc(OC)c3O[C@@H]2[C@H]1O. The minimum atomic E-state index is -1.28. The molecule has 1 heterocycles. The molecule has 0 bridgehead atoms. The summed E-state index contributed by atoms with van der Waals surface area (Å²) in [7, 11) is 2.90. The summed E-state index contributed by atoms with van der Waals surface area (Å²) in [5, 5.41) is 24.4. The average molecular weight is 593 g/mol. The molecule has 4 atom stereocenters. The van der Waals surface area contributed by atoms with Crippen molar-refractivity contribution < 1.29 is 38.8 Å². The molecular formula is C28H30Cl2N2O8. The van der Waals surface area contributed by atoms with Crippen LogP contribution in [-0.2, 0) is 20.9 Å². The summed E-state index contributed by atoms with van der Waals surface area (Å²) in [5.74, 6) is -1.07. The van der Waals surface area contributed by atoms with Crippen LogP contribution in [0.4, 0.5) is 0 Å². The smallest absolute Gasteiger partial charge is 0.247 e. The maximum atomic E-state index is 13.5. The number of nitrogens with one attached hydrogen (secondary N) is 1. The number of fused-ring (bicyclic) bond motifs is 3. The molecule has 2 aromatic carbocycles. The number of ether oxygens (including phenoxy) is 3. The number of halogens is 2. The van der Waals surface area contributed by atoms with Crippen molar-refractivity contribution in [1.29, 1.82) is 0 Å². The lowest BCUT2D eigenvalue weighted by molar-refractivity contribution is -0.139. The Bertz CT molecular complexity index is 1320. The molecule has 4 rings (SSSR count). The highest BCUT2D eigenvalue weighted by atomic mass is 35.5. The van der Waals surface area contributed by atoms with E-state index in [1.807, 2.05) is 0 Å². The maximum Gasteiger partial charge on any atom is 0.247 e. The van der Waals surface area contributed by atoms with Crippen molar-refractivity contribution in [2.45, 2.75) is 37.1 Å². The van der Waals surface area contributed by atoms with E-state index in [9.17, 15) is 24.6 Å². The fraction of sp³-hybridized carbons (Fsp3) is 0.393. The summed E-state index contributed by atoms with van der Waals surface area (Å²) in [4.78, 5) is 39.9. The first-order valence-electron chi connectivity index (χ1n) is 12.6. The first-order chi connectivity index (χ1) is 19.2. The van der Waals surface area contributed by atoms with E-state index in [4.69, 9.17) is 37.4 Å². The number of rotatable bonds is 11. The number of aliphatic hydroxyl groups excluding tert-OH is 2. The van der Waals surface area contributed by atoms with Crippen molar-refractivity contribution in [2.24, 2.45) is 0 Å². The molecule has 1 aliphatic carbocycles. The molecule has 12 heteroatoms. The van der Waals surface area contributed by atoms with Crippen LogP contribution in [0.3, 0.4) is 0 Å². The summed E-state index contributed by atoms with van der Waals surface area (Å²) in [5.41, 5.74) is 1.59. The van der Waals surface area contributed by atoms with Crippen LogP contribution in [-0.4, -0.2) is 85.4 Å². The lowest BCUT2D eigenvalue weighted by atomic mass is 9.77. The average Bonchev–Trinajstić information content (AvgIpc) is 3.34. The van der Waals surface area contributed by atoms with Crippen molar-refractivity contribution in [1.82, 2.24) is 10.2 Å². The standard InChI is InChI=1S/C28H30Cl2N2O8/c1-38-8-5-23(35)32(13-16-3-4-17(29)11-20(16)30)21-12-19(28(37)31-6-7-33)24-18-9-15(14-34)10-22(39-2)26(18)40-27(24)25(21)36/h3-4,9-12,14,21,24-25,27,33,36H,5-8,13H2,1-2H3,(H,31,37)/t21-,24+,25+,27+/m1/s1. The first kappa shape index (κ1) is 29.8. The van der Waals surface area contributed by atoms with Crippen LogP contribution in [0.1, 0.15) is 33.8 Å². The van der Waals surface area contributed by atoms with E-state index in [0.29, 0.717) is 38.8 Å². The van der Waals surface area contributed by atoms with Gasteiger partial charge < -0.3 is 34.6 Å². The highest BCUT2D eigenvalue weighted by Gasteiger charge is 2.51. The number of carbonyl (C=O) groups is 3. The van der Waals surface area contributed by atoms with E-state index in [-0.39, 0.29) is 50.0 Å². The topological polar surface area (TPSA) is 135 Å². The normalized spacial score (nSPS) is 21.0. The number of amides is 2. The molecule has 0 saturated heterocycles. The number of hydrogen-bond acceptors (Lipinski definition) is 8. The minimum Gasteiger partial charge on any atom is -0.493 e. The number of methoxy groups -OCH3 is 2. The summed E-state index contributed by atoms with van der Waals surface area (Å²) >= 11 is 12.5. The molecule has 2 aromatic rings. The van der Waals surface area contributed by atoms with Gasteiger partial charge in [-0.3, -0.25) is 14.4 Å². The fourth-order valence-electron chi connectivity index (χ4n) is 5.08. The van der Waals surface area contributed by atoms with Gasteiger partial charge >= 0.3 is 0 Å². The molecule has 10 nitrogen and oxygen atoms in total. The van der Waals surface area contributed by atoms with Gasteiger partial charge in [0.1, 0.15) is 18.5 Å². The Morgan fingerprint density at radius 1 is 1.20 bits per heavy atom. The van der Waals surface area contributed by atoms with Crippen molar-refractivity contribution in [3.05, 3.63) is 68.7 Å². The van der Waals surface area contributed by atoms with Gasteiger partial charge in [0.25, 0.3) is 0 Å². The van der Waals surface area contributed by atoms with E-state index >= 15 is 0 Å². The lowest BCUT2D eigenvalue weighted by Crippen LogP contribution is -2.55. The van der Waals surface area contributed by atoms with Crippen molar-refractivity contribution in [3.63, 3.8) is 0 Å². The molecule has 0 spiro atoms. The van der Waals surface area contributed by atoms with Crippen molar-refractivity contribution in [3.8, 4) is 11.5 Å². The molecule has 0 unspecified atom stereocenters. The van der Waals surface area contributed by atoms with Gasteiger partial charge in [-0.05, 0) is 35.9 Å². The predicted molar refractivity (Wildman–Crippen MR) is 147 cm³/mol. The van der Waals surface area contributed by atoms with Gasteiger partial charge in [0, 0.05) is 46.9 Å². The van der Waals surface area contributed by atoms with Crippen LogP contribution < -0.4 is 14.8 Å². The number of hydrogen-bond donors (Lipinski definition) is 3. The Kier molecular flexibility index (Phi) is 9.70. The van der Waals surface area contributed by atoms with Crippen LogP contribution in [0.25, 0.3) is 0 Å². The summed E-state index contributed by atoms with van der Waals surface area (Å²) in [6.07, 6.45) is -0.0792. The van der Waals surface area contributed by atoms with Crippen LogP contribution in [0.15, 0.2) is 42.0 Å². The zero-order valence-corrected chi connectivity index (χ0v) is 23.4. The van der Waals surface area contributed by atoms with E-state index in [1.165, 1.54) is 31.3 Å². The van der Waals surface area contributed by atoms with E-state index in [2.05, 4.69) is 5.32 Å². The largest absolute Gasteiger partial charge is 0.493 e. The maximum absolute atomic E-state index is 13.5. The van der Waals surface area contributed by atoms with Crippen molar-refractivity contribution >= 4 is 41.3 Å². The fourth-order valence-corrected chi connectivity index (χ4v) is 5.55. The Morgan fingerprint density at radius 2 is 1.98 bits per heavy atom. The monoisotopic (exact) mass is 592 g/mol. The number of aliphatic hydroxyl groups is 2. The molecule has 0 aromatic heterocycles. The summed E-state index contributed by atoms with van der Waals surface area (Å²) in [6.45, 7) is -0.153. The molecule has 1 aliphatic heterocycles. The second-order valence-corrected chi connectivity index (χ2v) is 10.2. The molecule has 0 fully saturated rings. The quantitative estimate of drug-likeness (QED) is 0.339. The van der Waals surface area contributed by atoms with Gasteiger partial charge in [0.2, 0.25) is 11.8 Å². The van der Waals surface area contributed by atoms with Gasteiger partial charge in [-0.25, -0.2) is 0 Å². The molecule has 2 amide bonds. The molecule has 2 aliphatic rings. The molecule has 0 radical (unpaired) electrons. The molecule has 40 heavy (non-hydrogen) atoms. The lowest BCUT2D eigenvalue weighted by Gasteiger charge is -2.41. The molecular weight excluding hydrogens is 563 g/mol. The highest BCUT2D eigenvalue weighted by molar-refractivity contribution is 6.35. The van der Waals surface area contributed by atoms with E-state index in [1.54, 1.807) is 24.3 Å². The Balaban J connectivity index is 1.82. The summed E-state index contributed by atoms with van der Waals surface area (Å²) in [6, 6.07) is 6.98. The Labute approximate surface area is 241 Å². The van der Waals surface area contributed by atoms with Crippen LogP contribution in [0, 0.1) is 0 Å². The van der Waals surface area contributed by atoms with Crippen LogP contribution in [0.5, 0.6) is 11.5 Å². The highest BCUT2D eigenvalue weighted by Crippen LogP contribution is 2.51. The second kappa shape index (κ2) is 13.0. The van der Waals surface area contributed by atoms with Gasteiger partial charge in [0.15, 0.2) is 11.5 Å². The van der Waals surface area contributed by atoms with E-state index < -0.39 is 30.1 Å². The third kappa shape index (κ3) is 5.96. The van der Waals surface area contributed by atoms with Crippen molar-refractivity contribution in [2.75, 3.05) is 34.0 Å². The number of carbonyl (C=O) groups excluding carboxylic acids is 3. The zero-order chi connectivity index (χ0) is 29.0. The van der Waals surface area contributed by atoms with Crippen LogP contribution in [0.2, 0.25) is 10.0 Å². The van der Waals surface area contributed by atoms with Gasteiger partial charge in [-0.1, -0.05) is 29.3 Å². The summed E-state index contributed by atoms with van der Waals surface area (Å²) < 4.78 is 16.7. The first-order valence-corrected chi connectivity index (χ1v) is 13.3. The molecule has 214 valence electrons. The van der Waals surface area contributed by atoms with Gasteiger partial charge in [0.05, 0.1) is 38.7 Å². The predicted octanol–water partition coefficient (Wildman–Crippen LogP) is 2.50.